The highest BCUT2D eigenvalue weighted by Crippen LogP contribution is 2.23. The molecule has 0 aliphatic heterocycles. The van der Waals surface area contributed by atoms with Gasteiger partial charge in [0.2, 0.25) is 0 Å². The van der Waals surface area contributed by atoms with Crippen molar-refractivity contribution < 1.29 is 4.74 Å². The van der Waals surface area contributed by atoms with Crippen LogP contribution in [0, 0.1) is 0 Å². The van der Waals surface area contributed by atoms with Crippen molar-refractivity contribution in [3.63, 3.8) is 0 Å². The minimum atomic E-state index is 0.374. The summed E-state index contributed by atoms with van der Waals surface area (Å²) in [6.45, 7) is 5.46. The van der Waals surface area contributed by atoms with E-state index in [1.165, 1.54) is 12.8 Å². The molecule has 0 aromatic heterocycles. The normalized spacial score (nSPS) is 26.8. The maximum Gasteiger partial charge on any atom is 0.100 e. The summed E-state index contributed by atoms with van der Waals surface area (Å²) in [6.07, 6.45) is 8.93. The Morgan fingerprint density at radius 2 is 2.00 bits per heavy atom. The van der Waals surface area contributed by atoms with Gasteiger partial charge in [0.15, 0.2) is 0 Å². The van der Waals surface area contributed by atoms with Gasteiger partial charge in [0.05, 0.1) is 11.9 Å². The Bertz CT molecular complexity index is 305. The molecule has 0 aromatic carbocycles. The fraction of sp³-hybridized carbons (Fsp3) is 0.615. The molecule has 1 aliphatic rings. The fourth-order valence-corrected chi connectivity index (χ4v) is 2.19. The van der Waals surface area contributed by atoms with Crippen LogP contribution in [0.2, 0.25) is 0 Å². The average molecular weight is 348 g/mol. The molecule has 0 bridgehead atoms. The molecule has 4 heteroatoms. The van der Waals surface area contributed by atoms with Crippen LogP contribution in [-0.4, -0.2) is 25.9 Å². The van der Waals surface area contributed by atoms with Crippen LogP contribution in [0.5, 0.6) is 0 Å². The molecule has 0 saturated heterocycles. The Kier molecular flexibility index (Phi) is 6.80. The van der Waals surface area contributed by atoms with Crippen molar-refractivity contribution in [2.45, 2.75) is 44.8 Å². The number of hydrogen-bond donors (Lipinski definition) is 1. The average Bonchev–Trinajstić information content (AvgIpc) is 2.36. The lowest BCUT2D eigenvalue weighted by atomic mass is 9.93. The number of allylic oxidation sites excluding steroid dienone is 3. The molecule has 0 atom stereocenters. The maximum absolute atomic E-state index is 5.90. The summed E-state index contributed by atoms with van der Waals surface area (Å²) in [5.41, 5.74) is 0. The summed E-state index contributed by atoms with van der Waals surface area (Å²) < 4.78 is 6.78. The lowest BCUT2D eigenvalue weighted by Gasteiger charge is -2.28. The van der Waals surface area contributed by atoms with Gasteiger partial charge < -0.3 is 10.1 Å². The fourth-order valence-electron chi connectivity index (χ4n) is 2.01. The standard InChI is InChI=1S/C13H21IN2O/c1-10(4-9-13(14)16-3)17-12-7-5-11(15-2)6-8-12/h4,9,11-12,15H,3,5-8H2,1-2H3/b10-4+,13-9-. The van der Waals surface area contributed by atoms with E-state index in [1.807, 2.05) is 26.1 Å². The Morgan fingerprint density at radius 3 is 2.53 bits per heavy atom. The van der Waals surface area contributed by atoms with Crippen LogP contribution in [0.3, 0.4) is 0 Å². The SMILES string of the molecule is C=N/C(I)=C\C=C(/C)OC1CCC(NC)CC1. The van der Waals surface area contributed by atoms with Crippen LogP contribution in [0.25, 0.3) is 0 Å². The van der Waals surface area contributed by atoms with Crippen molar-refractivity contribution in [3.8, 4) is 0 Å². The topological polar surface area (TPSA) is 33.6 Å². The first-order valence-corrected chi connectivity index (χ1v) is 7.08. The Hall–Kier alpha value is -0.360. The molecule has 0 aromatic rings. The minimum Gasteiger partial charge on any atom is -0.495 e. The molecule has 1 fully saturated rings. The van der Waals surface area contributed by atoms with Crippen molar-refractivity contribution in [3.05, 3.63) is 21.6 Å². The highest BCUT2D eigenvalue weighted by atomic mass is 127. The van der Waals surface area contributed by atoms with Crippen molar-refractivity contribution >= 4 is 29.3 Å². The summed E-state index contributed by atoms with van der Waals surface area (Å²) in [5.74, 6) is 0.954. The highest BCUT2D eigenvalue weighted by Gasteiger charge is 2.20. The molecule has 0 amide bonds. The summed E-state index contributed by atoms with van der Waals surface area (Å²) >= 11 is 2.14. The maximum atomic E-state index is 5.90. The molecular weight excluding hydrogens is 327 g/mol. The molecule has 0 radical (unpaired) electrons. The van der Waals surface area contributed by atoms with Crippen LogP contribution in [0.4, 0.5) is 0 Å². The second kappa shape index (κ2) is 7.87. The smallest absolute Gasteiger partial charge is 0.100 e. The molecule has 1 N–H and O–H groups in total. The van der Waals surface area contributed by atoms with Crippen molar-refractivity contribution in [2.75, 3.05) is 7.05 Å². The second-order valence-corrected chi connectivity index (χ2v) is 5.41. The van der Waals surface area contributed by atoms with Gasteiger partial charge >= 0.3 is 0 Å². The van der Waals surface area contributed by atoms with Crippen LogP contribution >= 0.6 is 22.6 Å². The molecular formula is C13H21IN2O. The predicted molar refractivity (Wildman–Crippen MR) is 81.6 cm³/mol. The monoisotopic (exact) mass is 348 g/mol. The van der Waals surface area contributed by atoms with Gasteiger partial charge in [0, 0.05) is 6.04 Å². The van der Waals surface area contributed by atoms with E-state index in [0.29, 0.717) is 12.1 Å². The molecule has 17 heavy (non-hydrogen) atoms. The Balaban J connectivity index is 2.37. The van der Waals surface area contributed by atoms with Gasteiger partial charge in [-0.05, 0) is 81.1 Å². The van der Waals surface area contributed by atoms with Crippen LogP contribution in [-0.2, 0) is 4.74 Å². The number of aliphatic imine (C=N–C) groups is 1. The molecule has 96 valence electrons. The van der Waals surface area contributed by atoms with Gasteiger partial charge in [-0.25, -0.2) is 0 Å². The molecule has 3 nitrogen and oxygen atoms in total. The number of halogens is 1. The third kappa shape index (κ3) is 5.68. The lowest BCUT2D eigenvalue weighted by molar-refractivity contribution is 0.0755. The lowest BCUT2D eigenvalue weighted by Crippen LogP contribution is -2.32. The van der Waals surface area contributed by atoms with Gasteiger partial charge in [-0.15, -0.1) is 0 Å². The van der Waals surface area contributed by atoms with E-state index in [9.17, 15) is 0 Å². The predicted octanol–water partition coefficient (Wildman–Crippen LogP) is 3.41. The van der Waals surface area contributed by atoms with Crippen LogP contribution in [0.15, 0.2) is 26.6 Å². The summed E-state index contributed by atoms with van der Waals surface area (Å²) in [4.78, 5) is 3.82. The molecule has 0 unspecified atom stereocenters. The Labute approximate surface area is 118 Å². The zero-order valence-corrected chi connectivity index (χ0v) is 12.7. The van der Waals surface area contributed by atoms with E-state index in [0.717, 1.165) is 22.3 Å². The van der Waals surface area contributed by atoms with Gasteiger partial charge in [0.1, 0.15) is 3.70 Å². The van der Waals surface area contributed by atoms with Crippen molar-refractivity contribution in [2.24, 2.45) is 4.99 Å². The molecule has 1 rings (SSSR count). The van der Waals surface area contributed by atoms with E-state index >= 15 is 0 Å². The molecule has 0 heterocycles. The van der Waals surface area contributed by atoms with Gasteiger partial charge in [0.25, 0.3) is 0 Å². The summed E-state index contributed by atoms with van der Waals surface area (Å²) in [6, 6.07) is 0.671. The third-order valence-corrected chi connectivity index (χ3v) is 3.74. The first-order chi connectivity index (χ1) is 8.15. The van der Waals surface area contributed by atoms with E-state index in [4.69, 9.17) is 4.74 Å². The van der Waals surface area contributed by atoms with Gasteiger partial charge in [-0.2, -0.15) is 0 Å². The van der Waals surface area contributed by atoms with E-state index in [1.54, 1.807) is 0 Å². The van der Waals surface area contributed by atoms with E-state index < -0.39 is 0 Å². The van der Waals surface area contributed by atoms with Crippen LogP contribution in [0.1, 0.15) is 32.6 Å². The van der Waals surface area contributed by atoms with Crippen LogP contribution < -0.4 is 5.32 Å². The summed E-state index contributed by atoms with van der Waals surface area (Å²) in [5, 5.41) is 3.33. The molecule has 0 spiro atoms. The molecule has 1 saturated carbocycles. The zero-order valence-electron chi connectivity index (χ0n) is 10.6. The molecule has 1 aliphatic carbocycles. The minimum absolute atomic E-state index is 0.374. The van der Waals surface area contributed by atoms with E-state index in [2.05, 4.69) is 39.6 Å². The van der Waals surface area contributed by atoms with Gasteiger partial charge in [-0.1, -0.05) is 0 Å². The second-order valence-electron chi connectivity index (χ2n) is 4.30. The highest BCUT2D eigenvalue weighted by molar-refractivity contribution is 14.1. The van der Waals surface area contributed by atoms with Gasteiger partial charge in [-0.3, -0.25) is 4.99 Å². The van der Waals surface area contributed by atoms with Crippen molar-refractivity contribution in [1.82, 2.24) is 5.32 Å². The number of nitrogens with one attached hydrogen (secondary N) is 1. The third-order valence-electron chi connectivity index (χ3n) is 3.04. The number of rotatable bonds is 5. The summed E-state index contributed by atoms with van der Waals surface area (Å²) in [7, 11) is 2.03. The van der Waals surface area contributed by atoms with Crippen molar-refractivity contribution in [1.29, 1.82) is 0 Å². The van der Waals surface area contributed by atoms with E-state index in [-0.39, 0.29) is 0 Å². The quantitative estimate of drug-likeness (QED) is 0.272. The number of ether oxygens (including phenoxy) is 1. The Morgan fingerprint density at radius 1 is 1.35 bits per heavy atom. The largest absolute Gasteiger partial charge is 0.495 e. The first kappa shape index (κ1) is 14.7. The number of nitrogens with zero attached hydrogens (tertiary/aromatic N) is 1. The zero-order chi connectivity index (χ0) is 12.7. The number of hydrogen-bond acceptors (Lipinski definition) is 3. The first-order valence-electron chi connectivity index (χ1n) is 6.00.